The van der Waals surface area contributed by atoms with Crippen LogP contribution in [0, 0.1) is 0 Å². The maximum Gasteiger partial charge on any atom is 0.416 e. The largest absolute Gasteiger partial charge is 0.416 e. The molecule has 1 aliphatic rings. The van der Waals surface area contributed by atoms with Crippen LogP contribution in [0.4, 0.5) is 18.9 Å². The van der Waals surface area contributed by atoms with Gasteiger partial charge in [0.25, 0.3) is 0 Å². The molecule has 2 heterocycles. The van der Waals surface area contributed by atoms with Crippen LogP contribution in [0.2, 0.25) is 0 Å². The van der Waals surface area contributed by atoms with Crippen molar-refractivity contribution in [2.75, 3.05) is 38.1 Å². The van der Waals surface area contributed by atoms with Gasteiger partial charge >= 0.3 is 6.18 Å². The van der Waals surface area contributed by atoms with Gasteiger partial charge in [-0.3, -0.25) is 14.5 Å². The van der Waals surface area contributed by atoms with Crippen LogP contribution in [0.1, 0.15) is 25.0 Å². The van der Waals surface area contributed by atoms with Gasteiger partial charge in [0, 0.05) is 45.3 Å². The van der Waals surface area contributed by atoms with Crippen molar-refractivity contribution in [3.8, 4) is 0 Å². The Morgan fingerprint density at radius 2 is 1.91 bits per heavy atom. The summed E-state index contributed by atoms with van der Waals surface area (Å²) in [6, 6.07) is 5.36. The van der Waals surface area contributed by atoms with Gasteiger partial charge in [-0.15, -0.1) is 24.0 Å². The van der Waals surface area contributed by atoms with Crippen LogP contribution in [0.15, 0.2) is 41.7 Å². The Bertz CT molecular complexity index is 972. The van der Waals surface area contributed by atoms with Crippen LogP contribution in [-0.2, 0) is 23.4 Å². The van der Waals surface area contributed by atoms with Gasteiger partial charge in [-0.1, -0.05) is 32.0 Å². The van der Waals surface area contributed by atoms with E-state index in [4.69, 9.17) is 0 Å². The van der Waals surface area contributed by atoms with E-state index >= 15 is 0 Å². The summed E-state index contributed by atoms with van der Waals surface area (Å²) in [4.78, 5) is 20.4. The zero-order chi connectivity index (χ0) is 22.8. The topological polar surface area (TPSA) is 65.8 Å². The summed E-state index contributed by atoms with van der Waals surface area (Å²) in [6.07, 6.45) is -0.944. The molecule has 1 aromatic carbocycles. The van der Waals surface area contributed by atoms with Crippen molar-refractivity contribution in [1.82, 2.24) is 20.0 Å². The van der Waals surface area contributed by atoms with E-state index in [0.717, 1.165) is 11.8 Å². The number of alkyl halides is 3. The summed E-state index contributed by atoms with van der Waals surface area (Å²) in [6.45, 7) is 5.31. The number of halogens is 4. The summed E-state index contributed by atoms with van der Waals surface area (Å²) in [5.74, 6) is 0.471. The lowest BCUT2D eigenvalue weighted by Crippen LogP contribution is -2.56. The number of nitrogens with one attached hydrogen (secondary N) is 1. The van der Waals surface area contributed by atoms with E-state index in [1.54, 1.807) is 42.1 Å². The summed E-state index contributed by atoms with van der Waals surface area (Å²) >= 11 is 0. The van der Waals surface area contributed by atoms with E-state index < -0.39 is 17.2 Å². The highest BCUT2D eigenvalue weighted by atomic mass is 127. The van der Waals surface area contributed by atoms with E-state index in [-0.39, 0.29) is 36.4 Å². The van der Waals surface area contributed by atoms with Gasteiger partial charge in [0.2, 0.25) is 5.91 Å². The molecule has 1 N–H and O–H groups in total. The Balaban J connectivity index is 0.00000363. The van der Waals surface area contributed by atoms with Crippen LogP contribution in [-0.4, -0.2) is 59.8 Å². The number of hydrogen-bond donors (Lipinski definition) is 1. The molecule has 32 heavy (non-hydrogen) atoms. The fraction of sp³-hybridized carbons (Fsp3) is 0.476. The molecule has 3 rings (SSSR count). The Labute approximate surface area is 202 Å². The van der Waals surface area contributed by atoms with Crippen LogP contribution >= 0.6 is 24.0 Å². The number of amides is 1. The van der Waals surface area contributed by atoms with Crippen LogP contribution in [0.3, 0.4) is 0 Å². The fourth-order valence-electron chi connectivity index (χ4n) is 3.53. The fourth-order valence-corrected chi connectivity index (χ4v) is 3.53. The monoisotopic (exact) mass is 564 g/mol. The molecule has 2 aromatic rings. The number of guanidine groups is 1. The lowest BCUT2D eigenvalue weighted by molar-refractivity contribution is -0.137. The molecule has 1 aliphatic heterocycles. The van der Waals surface area contributed by atoms with Crippen molar-refractivity contribution in [2.45, 2.75) is 25.4 Å². The Morgan fingerprint density at radius 3 is 2.47 bits per heavy atom. The van der Waals surface area contributed by atoms with E-state index in [9.17, 15) is 18.0 Å². The number of aromatic nitrogens is 2. The first-order chi connectivity index (χ1) is 14.5. The number of piperazine rings is 1. The minimum absolute atomic E-state index is 0. The minimum Gasteiger partial charge on any atom is -0.355 e. The second kappa shape index (κ2) is 10.1. The first-order valence-corrected chi connectivity index (χ1v) is 9.93. The second-order valence-electron chi connectivity index (χ2n) is 8.20. The molecule has 11 heteroatoms. The highest BCUT2D eigenvalue weighted by molar-refractivity contribution is 14.0. The smallest absolute Gasteiger partial charge is 0.355 e. The number of hydrogen-bond acceptors (Lipinski definition) is 3. The number of nitrogens with zero attached hydrogens (tertiary/aromatic N) is 5. The predicted octanol–water partition coefficient (Wildman–Crippen LogP) is 3.26. The van der Waals surface area contributed by atoms with Crippen LogP contribution in [0.5, 0.6) is 0 Å². The van der Waals surface area contributed by atoms with Crippen LogP contribution < -0.4 is 10.2 Å². The second-order valence-corrected chi connectivity index (χ2v) is 8.20. The molecule has 0 saturated carbocycles. The first kappa shape index (κ1) is 25.9. The molecule has 0 bridgehead atoms. The van der Waals surface area contributed by atoms with Gasteiger partial charge in [0.15, 0.2) is 5.96 Å². The van der Waals surface area contributed by atoms with Gasteiger partial charge in [0.1, 0.15) is 6.54 Å². The highest BCUT2D eigenvalue weighted by Gasteiger charge is 2.33. The van der Waals surface area contributed by atoms with Crippen molar-refractivity contribution < 1.29 is 18.0 Å². The van der Waals surface area contributed by atoms with E-state index in [1.165, 1.54) is 12.1 Å². The van der Waals surface area contributed by atoms with Gasteiger partial charge in [0.05, 0.1) is 17.4 Å². The van der Waals surface area contributed by atoms with Crippen molar-refractivity contribution in [3.63, 3.8) is 0 Å². The molecule has 0 spiro atoms. The number of rotatable bonds is 4. The Kier molecular flexibility index (Phi) is 8.18. The minimum atomic E-state index is -4.39. The summed E-state index contributed by atoms with van der Waals surface area (Å²) in [7, 11) is 3.42. The Morgan fingerprint density at radius 1 is 1.22 bits per heavy atom. The van der Waals surface area contributed by atoms with Crippen molar-refractivity contribution in [3.05, 3.63) is 47.8 Å². The zero-order valence-electron chi connectivity index (χ0n) is 18.5. The van der Waals surface area contributed by atoms with Gasteiger partial charge in [-0.25, -0.2) is 0 Å². The molecular formula is C21H28F3IN6O. The number of carbonyl (C=O) groups excluding carboxylic acids is 1. The maximum atomic E-state index is 13.1. The molecule has 1 amide bonds. The quantitative estimate of drug-likeness (QED) is 0.352. The normalized spacial score (nSPS) is 15.6. The summed E-state index contributed by atoms with van der Waals surface area (Å²) in [5, 5.41) is 7.33. The number of aliphatic imine (C=N–C) groups is 1. The number of benzene rings is 1. The molecule has 0 unspecified atom stereocenters. The van der Waals surface area contributed by atoms with Crippen molar-refractivity contribution in [1.29, 1.82) is 0 Å². The molecular weight excluding hydrogens is 536 g/mol. The molecule has 0 aliphatic carbocycles. The molecule has 0 atom stereocenters. The average molecular weight is 564 g/mol. The summed E-state index contributed by atoms with van der Waals surface area (Å²) < 4.78 is 40.9. The van der Waals surface area contributed by atoms with E-state index in [2.05, 4.69) is 15.4 Å². The van der Waals surface area contributed by atoms with Crippen LogP contribution in [0.25, 0.3) is 0 Å². The third kappa shape index (κ3) is 5.93. The summed E-state index contributed by atoms with van der Waals surface area (Å²) in [5.41, 5.74) is 0.0711. The lowest BCUT2D eigenvalue weighted by atomic mass is 9.84. The zero-order valence-corrected chi connectivity index (χ0v) is 20.8. The van der Waals surface area contributed by atoms with E-state index in [1.807, 2.05) is 18.7 Å². The van der Waals surface area contributed by atoms with Crippen molar-refractivity contribution in [2.24, 2.45) is 12.0 Å². The molecule has 176 valence electrons. The molecule has 1 fully saturated rings. The van der Waals surface area contributed by atoms with Crippen molar-refractivity contribution >= 4 is 41.5 Å². The molecule has 0 radical (unpaired) electrons. The Hall–Kier alpha value is -2.31. The average Bonchev–Trinajstić information content (AvgIpc) is 3.14. The highest BCUT2D eigenvalue weighted by Crippen LogP contribution is 2.32. The van der Waals surface area contributed by atoms with E-state index in [0.29, 0.717) is 31.2 Å². The predicted molar refractivity (Wildman–Crippen MR) is 128 cm³/mol. The third-order valence-electron chi connectivity index (χ3n) is 5.39. The van der Waals surface area contributed by atoms with Gasteiger partial charge < -0.3 is 15.1 Å². The maximum absolute atomic E-state index is 13.1. The lowest BCUT2D eigenvalue weighted by Gasteiger charge is -2.36. The third-order valence-corrected chi connectivity index (χ3v) is 5.39. The van der Waals surface area contributed by atoms with Gasteiger partial charge in [-0.2, -0.15) is 18.3 Å². The molecule has 1 saturated heterocycles. The van der Waals surface area contributed by atoms with Gasteiger partial charge in [-0.05, 0) is 11.6 Å². The number of carbonyl (C=O) groups is 1. The standard InChI is InChI=1S/C21H27F3N6O.HI/c1-20(2,15-6-5-7-16(10-15)21(22,23)24)14-26-19(25-3)29-8-9-30(18(31)13-29)17-11-27-28(4)12-17;/h5-7,10-12H,8-9,13-14H2,1-4H3,(H,25,26);1H. The number of anilines is 1. The number of aryl methyl sites for hydroxylation is 1. The molecule has 1 aromatic heterocycles. The first-order valence-electron chi connectivity index (χ1n) is 9.93. The SMILES string of the molecule is CN=C(NCC(C)(C)c1cccc(C(F)(F)F)c1)N1CCN(c2cnn(C)c2)C(=O)C1.I. The molecule has 7 nitrogen and oxygen atoms in total.